The highest BCUT2D eigenvalue weighted by atomic mass is 32.1. The zero-order chi connectivity index (χ0) is 12.1. The average molecular weight is 245 g/mol. The maximum atomic E-state index is 12.1. The molecule has 1 fully saturated rings. The van der Waals surface area contributed by atoms with Crippen molar-refractivity contribution in [2.45, 2.75) is 38.6 Å². The summed E-state index contributed by atoms with van der Waals surface area (Å²) in [7, 11) is 0. The molecule has 0 aromatic carbocycles. The molecule has 1 N–H and O–H groups in total. The Labute approximate surface area is 101 Å². The van der Waals surface area contributed by atoms with Crippen LogP contribution in [0.1, 0.15) is 32.6 Å². The van der Waals surface area contributed by atoms with Crippen molar-refractivity contribution in [2.75, 3.05) is 12.3 Å². The van der Waals surface area contributed by atoms with Crippen molar-refractivity contribution < 1.29 is 14.7 Å². The van der Waals surface area contributed by atoms with Crippen LogP contribution in [0.4, 0.5) is 0 Å². The van der Waals surface area contributed by atoms with E-state index in [0.29, 0.717) is 18.7 Å². The molecule has 0 aromatic heterocycles. The Bertz CT molecular complexity index is 270. The van der Waals surface area contributed by atoms with Crippen molar-refractivity contribution >= 4 is 24.5 Å². The fraction of sp³-hybridized carbons (Fsp3) is 0.818. The van der Waals surface area contributed by atoms with E-state index >= 15 is 0 Å². The second kappa shape index (κ2) is 6.13. The molecular formula is C11H19NO3S. The summed E-state index contributed by atoms with van der Waals surface area (Å²) in [5.74, 6) is -0.564. The first-order valence-corrected chi connectivity index (χ1v) is 6.39. The summed E-state index contributed by atoms with van der Waals surface area (Å²) >= 11 is 4.17. The molecule has 0 bridgehead atoms. The van der Waals surface area contributed by atoms with E-state index in [2.05, 4.69) is 12.6 Å². The minimum Gasteiger partial charge on any atom is -0.480 e. The number of hydrogen-bond acceptors (Lipinski definition) is 3. The molecule has 1 saturated heterocycles. The lowest BCUT2D eigenvalue weighted by Gasteiger charge is -2.25. The Morgan fingerprint density at radius 1 is 1.56 bits per heavy atom. The van der Waals surface area contributed by atoms with Crippen molar-refractivity contribution in [2.24, 2.45) is 5.92 Å². The Balaban J connectivity index is 2.67. The van der Waals surface area contributed by atoms with Gasteiger partial charge in [0.05, 0.1) is 0 Å². The monoisotopic (exact) mass is 245 g/mol. The van der Waals surface area contributed by atoms with E-state index in [1.807, 2.05) is 6.92 Å². The van der Waals surface area contributed by atoms with Crippen LogP contribution in [0.25, 0.3) is 0 Å². The second-order valence-electron chi connectivity index (χ2n) is 4.20. The number of hydrogen-bond donors (Lipinski definition) is 2. The van der Waals surface area contributed by atoms with Gasteiger partial charge >= 0.3 is 5.97 Å². The molecule has 0 saturated carbocycles. The molecule has 1 heterocycles. The Morgan fingerprint density at radius 2 is 2.25 bits per heavy atom. The van der Waals surface area contributed by atoms with Crippen molar-refractivity contribution in [3.8, 4) is 0 Å². The van der Waals surface area contributed by atoms with Crippen molar-refractivity contribution in [1.29, 1.82) is 0 Å². The van der Waals surface area contributed by atoms with Crippen molar-refractivity contribution in [3.05, 3.63) is 0 Å². The van der Waals surface area contributed by atoms with Crippen LogP contribution < -0.4 is 0 Å². The number of thiol groups is 1. The summed E-state index contributed by atoms with van der Waals surface area (Å²) in [5.41, 5.74) is 0. The number of carboxylic acid groups (broad SMARTS) is 1. The van der Waals surface area contributed by atoms with Gasteiger partial charge in [-0.05, 0) is 19.3 Å². The fourth-order valence-electron chi connectivity index (χ4n) is 2.16. The SMILES string of the molecule is CCC[C@H](CS)C(=O)N1CCC[C@H]1C(=O)O. The van der Waals surface area contributed by atoms with Crippen LogP contribution in [0.3, 0.4) is 0 Å². The first kappa shape index (κ1) is 13.4. The van der Waals surface area contributed by atoms with E-state index in [1.54, 1.807) is 0 Å². The average Bonchev–Trinajstić information content (AvgIpc) is 2.73. The first-order valence-electron chi connectivity index (χ1n) is 5.76. The van der Waals surface area contributed by atoms with E-state index in [1.165, 1.54) is 4.90 Å². The summed E-state index contributed by atoms with van der Waals surface area (Å²) in [6.07, 6.45) is 3.06. The number of likely N-dealkylation sites (tertiary alicyclic amines) is 1. The van der Waals surface area contributed by atoms with Crippen molar-refractivity contribution in [1.82, 2.24) is 4.90 Å². The van der Waals surface area contributed by atoms with Crippen LogP contribution in [0, 0.1) is 5.92 Å². The highest BCUT2D eigenvalue weighted by Crippen LogP contribution is 2.22. The zero-order valence-corrected chi connectivity index (χ0v) is 10.4. The maximum Gasteiger partial charge on any atom is 0.326 e. The van der Waals surface area contributed by atoms with E-state index in [9.17, 15) is 9.59 Å². The Kier molecular flexibility index (Phi) is 5.12. The minimum absolute atomic E-state index is 0.0400. The van der Waals surface area contributed by atoms with Gasteiger partial charge < -0.3 is 10.0 Å². The molecule has 1 aliphatic heterocycles. The number of rotatable bonds is 5. The molecule has 0 unspecified atom stereocenters. The molecular weight excluding hydrogens is 226 g/mol. The Morgan fingerprint density at radius 3 is 2.75 bits per heavy atom. The van der Waals surface area contributed by atoms with E-state index < -0.39 is 12.0 Å². The predicted molar refractivity (Wildman–Crippen MR) is 64.6 cm³/mol. The van der Waals surface area contributed by atoms with Crippen LogP contribution in [0.15, 0.2) is 0 Å². The van der Waals surface area contributed by atoms with Gasteiger partial charge in [0.2, 0.25) is 5.91 Å². The minimum atomic E-state index is -0.889. The molecule has 1 rings (SSSR count). The third-order valence-electron chi connectivity index (χ3n) is 3.03. The molecule has 0 spiro atoms. The van der Waals surface area contributed by atoms with Gasteiger partial charge in [-0.15, -0.1) is 0 Å². The first-order chi connectivity index (χ1) is 7.61. The Hall–Kier alpha value is -0.710. The predicted octanol–water partition coefficient (Wildman–Crippen LogP) is 1.41. The number of nitrogens with zero attached hydrogens (tertiary/aromatic N) is 1. The quantitative estimate of drug-likeness (QED) is 0.720. The molecule has 0 aromatic rings. The largest absolute Gasteiger partial charge is 0.480 e. The van der Waals surface area contributed by atoms with Gasteiger partial charge in [0, 0.05) is 18.2 Å². The lowest BCUT2D eigenvalue weighted by Crippen LogP contribution is -2.43. The van der Waals surface area contributed by atoms with Crippen molar-refractivity contribution in [3.63, 3.8) is 0 Å². The van der Waals surface area contributed by atoms with Crippen LogP contribution in [0.2, 0.25) is 0 Å². The molecule has 16 heavy (non-hydrogen) atoms. The van der Waals surface area contributed by atoms with Crippen LogP contribution in [0.5, 0.6) is 0 Å². The number of carboxylic acids is 1. The van der Waals surface area contributed by atoms with Crippen LogP contribution in [-0.2, 0) is 9.59 Å². The van der Waals surface area contributed by atoms with Gasteiger partial charge in [-0.25, -0.2) is 4.79 Å². The summed E-state index contributed by atoms with van der Waals surface area (Å²) < 4.78 is 0. The van der Waals surface area contributed by atoms with E-state index in [-0.39, 0.29) is 11.8 Å². The van der Waals surface area contributed by atoms with Gasteiger partial charge in [0.25, 0.3) is 0 Å². The van der Waals surface area contributed by atoms with Gasteiger partial charge in [0.1, 0.15) is 6.04 Å². The number of aliphatic carboxylic acids is 1. The lowest BCUT2D eigenvalue weighted by molar-refractivity contribution is -0.149. The molecule has 1 amide bonds. The van der Waals surface area contributed by atoms with Gasteiger partial charge in [-0.1, -0.05) is 13.3 Å². The van der Waals surface area contributed by atoms with Gasteiger partial charge in [0.15, 0.2) is 0 Å². The summed E-state index contributed by atoms with van der Waals surface area (Å²) in [6.45, 7) is 2.59. The summed E-state index contributed by atoms with van der Waals surface area (Å²) in [5, 5.41) is 9.00. The lowest BCUT2D eigenvalue weighted by atomic mass is 10.0. The molecule has 0 aliphatic carbocycles. The summed E-state index contributed by atoms with van der Waals surface area (Å²) in [4.78, 5) is 24.6. The molecule has 2 atom stereocenters. The van der Waals surface area contributed by atoms with Crippen LogP contribution >= 0.6 is 12.6 Å². The molecule has 5 heteroatoms. The molecule has 92 valence electrons. The normalized spacial score (nSPS) is 22.1. The topological polar surface area (TPSA) is 57.6 Å². The standard InChI is InChI=1S/C11H19NO3S/c1-2-4-8(7-16)10(13)12-6-3-5-9(12)11(14)15/h8-9,16H,2-7H2,1H3,(H,14,15)/t8-,9+/m1/s1. The van der Waals surface area contributed by atoms with Crippen LogP contribution in [-0.4, -0.2) is 40.2 Å². The van der Waals surface area contributed by atoms with Gasteiger partial charge in [-0.2, -0.15) is 12.6 Å². The molecule has 4 nitrogen and oxygen atoms in total. The maximum absolute atomic E-state index is 12.1. The third-order valence-corrected chi connectivity index (χ3v) is 3.47. The van der Waals surface area contributed by atoms with E-state index in [4.69, 9.17) is 5.11 Å². The van der Waals surface area contributed by atoms with Gasteiger partial charge in [-0.3, -0.25) is 4.79 Å². The van der Waals surface area contributed by atoms with E-state index in [0.717, 1.165) is 19.3 Å². The number of carbonyl (C=O) groups excluding carboxylic acids is 1. The third kappa shape index (κ3) is 2.90. The molecule has 1 aliphatic rings. The number of carbonyl (C=O) groups is 2. The smallest absolute Gasteiger partial charge is 0.326 e. The summed E-state index contributed by atoms with van der Waals surface area (Å²) in [6, 6.07) is -0.619. The molecule has 0 radical (unpaired) electrons. The number of amides is 1. The fourth-order valence-corrected chi connectivity index (χ4v) is 2.50. The highest BCUT2D eigenvalue weighted by Gasteiger charge is 2.36. The highest BCUT2D eigenvalue weighted by molar-refractivity contribution is 7.80. The second-order valence-corrected chi connectivity index (χ2v) is 4.56. The zero-order valence-electron chi connectivity index (χ0n) is 9.56.